The zero-order valence-corrected chi connectivity index (χ0v) is 14.2. The first-order valence-electron chi connectivity index (χ1n) is 7.82. The molecule has 1 saturated heterocycles. The quantitative estimate of drug-likeness (QED) is 0.833. The van der Waals surface area contributed by atoms with Crippen molar-refractivity contribution in [2.24, 2.45) is 0 Å². The lowest BCUT2D eigenvalue weighted by Crippen LogP contribution is -2.59. The second kappa shape index (κ2) is 5.86. The molecule has 1 atom stereocenters. The average Bonchev–Trinajstić information content (AvgIpc) is 3.37. The summed E-state index contributed by atoms with van der Waals surface area (Å²) >= 11 is 0. The summed E-state index contributed by atoms with van der Waals surface area (Å²) in [4.78, 5) is 27.4. The maximum atomic E-state index is 12.9. The van der Waals surface area contributed by atoms with Gasteiger partial charge in [0.05, 0.1) is 4.90 Å². The second-order valence-corrected chi connectivity index (χ2v) is 8.66. The number of likely N-dealkylation sites (N-methyl/N-ethyl adjacent to an activating group) is 1. The van der Waals surface area contributed by atoms with E-state index < -0.39 is 32.5 Å². The van der Waals surface area contributed by atoms with E-state index in [-0.39, 0.29) is 24.3 Å². The Kier molecular flexibility index (Phi) is 4.13. The lowest BCUT2D eigenvalue weighted by molar-refractivity contribution is -0.147. The minimum atomic E-state index is -3.78. The number of rotatable bonds is 4. The standard InChI is InChI=1S/C16H20N2O5S/c1-17-9-10-18(11-13(17)14(19)20)15(21)16(7-8-16)24(22,23)12-5-3-2-4-6-12/h2-6,13H,7-11H2,1H3,(H,19,20). The number of carbonyl (C=O) groups excluding carboxylic acids is 1. The lowest BCUT2D eigenvalue weighted by Gasteiger charge is -2.38. The smallest absolute Gasteiger partial charge is 0.322 e. The monoisotopic (exact) mass is 352 g/mol. The van der Waals surface area contributed by atoms with Gasteiger partial charge in [-0.2, -0.15) is 0 Å². The topological polar surface area (TPSA) is 95.0 Å². The molecule has 2 fully saturated rings. The SMILES string of the molecule is CN1CCN(C(=O)C2(S(=O)(=O)c3ccccc3)CC2)CC1C(=O)O. The van der Waals surface area contributed by atoms with Crippen LogP contribution in [-0.2, 0) is 19.4 Å². The van der Waals surface area contributed by atoms with Crippen LogP contribution in [0.4, 0.5) is 0 Å². The van der Waals surface area contributed by atoms with Crippen molar-refractivity contribution >= 4 is 21.7 Å². The molecule has 1 N–H and O–H groups in total. The van der Waals surface area contributed by atoms with E-state index in [0.29, 0.717) is 13.1 Å². The van der Waals surface area contributed by atoms with Crippen LogP contribution in [-0.4, -0.2) is 72.7 Å². The average molecular weight is 352 g/mol. The number of hydrogen-bond donors (Lipinski definition) is 1. The summed E-state index contributed by atoms with van der Waals surface area (Å²) in [6, 6.07) is 7.16. The van der Waals surface area contributed by atoms with E-state index in [1.807, 2.05) is 0 Å². The molecule has 0 aromatic heterocycles. The van der Waals surface area contributed by atoms with Gasteiger partial charge in [0, 0.05) is 19.6 Å². The van der Waals surface area contributed by atoms with Crippen molar-refractivity contribution in [1.82, 2.24) is 9.80 Å². The second-order valence-electron chi connectivity index (χ2n) is 6.40. The number of nitrogens with zero attached hydrogens (tertiary/aromatic N) is 2. The Labute approximate surface area is 140 Å². The molecule has 1 heterocycles. The zero-order chi connectivity index (χ0) is 17.5. The number of carboxylic acid groups (broad SMARTS) is 1. The van der Waals surface area contributed by atoms with Crippen LogP contribution in [0.25, 0.3) is 0 Å². The number of aliphatic carboxylic acids is 1. The Morgan fingerprint density at radius 3 is 2.33 bits per heavy atom. The predicted octanol–water partition coefficient (Wildman–Crippen LogP) is 0.220. The number of carbonyl (C=O) groups is 2. The third kappa shape index (κ3) is 2.59. The summed E-state index contributed by atoms with van der Waals surface area (Å²) in [5.41, 5.74) is 0. The normalized spacial score (nSPS) is 23.7. The van der Waals surface area contributed by atoms with Gasteiger partial charge in [-0.3, -0.25) is 14.5 Å². The van der Waals surface area contributed by atoms with E-state index in [4.69, 9.17) is 0 Å². The van der Waals surface area contributed by atoms with E-state index in [0.717, 1.165) is 0 Å². The molecule has 1 aliphatic carbocycles. The minimum Gasteiger partial charge on any atom is -0.480 e. The number of carboxylic acids is 1. The zero-order valence-electron chi connectivity index (χ0n) is 13.4. The molecule has 7 nitrogen and oxygen atoms in total. The molecular weight excluding hydrogens is 332 g/mol. The number of amides is 1. The molecule has 3 rings (SSSR count). The van der Waals surface area contributed by atoms with Gasteiger partial charge in [-0.05, 0) is 32.0 Å². The van der Waals surface area contributed by atoms with Crippen molar-refractivity contribution in [3.05, 3.63) is 30.3 Å². The van der Waals surface area contributed by atoms with E-state index >= 15 is 0 Å². The fourth-order valence-corrected chi connectivity index (χ4v) is 5.11. The minimum absolute atomic E-state index is 0.0106. The van der Waals surface area contributed by atoms with Crippen LogP contribution in [0.5, 0.6) is 0 Å². The molecule has 0 bridgehead atoms. The molecule has 1 aromatic carbocycles. The van der Waals surface area contributed by atoms with E-state index in [9.17, 15) is 23.1 Å². The molecule has 8 heteroatoms. The van der Waals surface area contributed by atoms with Crippen LogP contribution < -0.4 is 0 Å². The highest BCUT2D eigenvalue weighted by Gasteiger charge is 2.62. The first-order chi connectivity index (χ1) is 11.3. The first-order valence-corrected chi connectivity index (χ1v) is 9.30. The van der Waals surface area contributed by atoms with Gasteiger partial charge in [-0.25, -0.2) is 8.42 Å². The van der Waals surface area contributed by atoms with Crippen LogP contribution in [0, 0.1) is 0 Å². The van der Waals surface area contributed by atoms with E-state index in [1.165, 1.54) is 17.0 Å². The van der Waals surface area contributed by atoms with Crippen molar-refractivity contribution in [3.63, 3.8) is 0 Å². The van der Waals surface area contributed by atoms with Crippen LogP contribution in [0.2, 0.25) is 0 Å². The van der Waals surface area contributed by atoms with Gasteiger partial charge < -0.3 is 10.0 Å². The highest BCUT2D eigenvalue weighted by Crippen LogP contribution is 2.48. The molecule has 2 aliphatic rings. The van der Waals surface area contributed by atoms with Crippen LogP contribution in [0.3, 0.4) is 0 Å². The number of sulfone groups is 1. The van der Waals surface area contributed by atoms with Gasteiger partial charge >= 0.3 is 5.97 Å². The van der Waals surface area contributed by atoms with Crippen molar-refractivity contribution in [2.75, 3.05) is 26.7 Å². The summed E-state index contributed by atoms with van der Waals surface area (Å²) in [5, 5.41) is 9.27. The summed E-state index contributed by atoms with van der Waals surface area (Å²) < 4.78 is 24.4. The Morgan fingerprint density at radius 2 is 1.79 bits per heavy atom. The Morgan fingerprint density at radius 1 is 1.17 bits per heavy atom. The lowest BCUT2D eigenvalue weighted by atomic mass is 10.1. The Bertz CT molecular complexity index is 758. The van der Waals surface area contributed by atoms with Gasteiger partial charge in [0.1, 0.15) is 6.04 Å². The molecule has 130 valence electrons. The highest BCUT2D eigenvalue weighted by molar-refractivity contribution is 7.94. The largest absolute Gasteiger partial charge is 0.480 e. The number of piperazine rings is 1. The molecule has 0 spiro atoms. The first kappa shape index (κ1) is 16.9. The van der Waals surface area contributed by atoms with Gasteiger partial charge in [0.15, 0.2) is 14.6 Å². The number of benzene rings is 1. The number of hydrogen-bond acceptors (Lipinski definition) is 5. The third-order valence-corrected chi connectivity index (χ3v) is 7.39. The van der Waals surface area contributed by atoms with Gasteiger partial charge in [-0.1, -0.05) is 18.2 Å². The molecule has 1 amide bonds. The Hall–Kier alpha value is -1.93. The summed E-state index contributed by atoms with van der Waals surface area (Å²) in [6.45, 7) is 0.756. The maximum absolute atomic E-state index is 12.9. The van der Waals surface area contributed by atoms with Crippen LogP contribution in [0.15, 0.2) is 35.2 Å². The van der Waals surface area contributed by atoms with Crippen molar-refractivity contribution in [2.45, 2.75) is 28.5 Å². The van der Waals surface area contributed by atoms with Crippen molar-refractivity contribution in [1.29, 1.82) is 0 Å². The van der Waals surface area contributed by atoms with E-state index in [1.54, 1.807) is 30.1 Å². The van der Waals surface area contributed by atoms with Gasteiger partial charge in [0.2, 0.25) is 5.91 Å². The molecule has 1 aromatic rings. The van der Waals surface area contributed by atoms with Crippen LogP contribution in [0.1, 0.15) is 12.8 Å². The van der Waals surface area contributed by atoms with Crippen molar-refractivity contribution < 1.29 is 23.1 Å². The van der Waals surface area contributed by atoms with Crippen molar-refractivity contribution in [3.8, 4) is 0 Å². The predicted molar refractivity (Wildman–Crippen MR) is 86.2 cm³/mol. The molecule has 1 saturated carbocycles. The summed E-state index contributed by atoms with van der Waals surface area (Å²) in [7, 11) is -2.09. The summed E-state index contributed by atoms with van der Waals surface area (Å²) in [5.74, 6) is -1.48. The summed E-state index contributed by atoms with van der Waals surface area (Å²) in [6.07, 6.45) is 0.570. The molecule has 0 radical (unpaired) electrons. The fraction of sp³-hybridized carbons (Fsp3) is 0.500. The molecular formula is C16H20N2O5S. The molecule has 1 unspecified atom stereocenters. The van der Waals surface area contributed by atoms with Gasteiger partial charge in [-0.15, -0.1) is 0 Å². The highest BCUT2D eigenvalue weighted by atomic mass is 32.2. The molecule has 1 aliphatic heterocycles. The molecule has 24 heavy (non-hydrogen) atoms. The van der Waals surface area contributed by atoms with Crippen LogP contribution >= 0.6 is 0 Å². The van der Waals surface area contributed by atoms with E-state index in [2.05, 4.69) is 0 Å². The van der Waals surface area contributed by atoms with Gasteiger partial charge in [0.25, 0.3) is 0 Å². The Balaban J connectivity index is 1.86. The third-order valence-electron chi connectivity index (χ3n) is 4.88. The maximum Gasteiger partial charge on any atom is 0.322 e. The fourth-order valence-electron chi connectivity index (χ4n) is 3.15.